The molecule has 2 unspecified atom stereocenters. The molecule has 0 saturated carbocycles. The quantitative estimate of drug-likeness (QED) is 0.673. The number of nitrogens with one attached hydrogen (secondary N) is 2. The predicted octanol–water partition coefficient (Wildman–Crippen LogP) is 3.29. The highest BCUT2D eigenvalue weighted by molar-refractivity contribution is 8.00. The Kier molecular flexibility index (Phi) is 6.97. The van der Waals surface area contributed by atoms with E-state index in [1.54, 1.807) is 18.3 Å². The van der Waals surface area contributed by atoms with Crippen molar-refractivity contribution in [3.63, 3.8) is 0 Å². The van der Waals surface area contributed by atoms with E-state index in [0.717, 1.165) is 30.2 Å². The summed E-state index contributed by atoms with van der Waals surface area (Å²) in [6, 6.07) is 3.47. The van der Waals surface area contributed by atoms with Crippen LogP contribution >= 0.6 is 23.1 Å². The number of hydrogen-bond acceptors (Lipinski definition) is 7. The molecule has 3 rings (SSSR count). The van der Waals surface area contributed by atoms with E-state index in [1.807, 2.05) is 42.9 Å². The van der Waals surface area contributed by atoms with Crippen LogP contribution in [0.15, 0.2) is 22.7 Å². The van der Waals surface area contributed by atoms with Crippen molar-refractivity contribution in [2.75, 3.05) is 6.61 Å². The minimum absolute atomic E-state index is 0.116. The molecule has 3 amide bonds. The molecule has 0 spiro atoms. The van der Waals surface area contributed by atoms with Gasteiger partial charge in [0.05, 0.1) is 22.8 Å². The molecule has 0 aromatic carbocycles. The monoisotopic (exact) mass is 437 g/mol. The van der Waals surface area contributed by atoms with Crippen LogP contribution in [0.1, 0.15) is 40.5 Å². The minimum atomic E-state index is -0.510. The Balaban J connectivity index is 1.72. The Morgan fingerprint density at radius 3 is 2.83 bits per heavy atom. The Labute approximate surface area is 178 Å². The number of amides is 3. The zero-order valence-electron chi connectivity index (χ0n) is 17.1. The lowest BCUT2D eigenvalue weighted by Crippen LogP contribution is -2.49. The normalized spacial score (nSPS) is 17.9. The molecule has 10 heteroatoms. The maximum Gasteiger partial charge on any atom is 0.321 e. The largest absolute Gasteiger partial charge is 0.376 e. The summed E-state index contributed by atoms with van der Waals surface area (Å²) in [7, 11) is 0. The third-order valence-electron chi connectivity index (χ3n) is 4.25. The third kappa shape index (κ3) is 6.03. The number of imide groups is 1. The van der Waals surface area contributed by atoms with Crippen molar-refractivity contribution in [1.82, 2.24) is 25.4 Å². The smallest absolute Gasteiger partial charge is 0.321 e. The predicted molar refractivity (Wildman–Crippen MR) is 114 cm³/mol. The SMILES string of the molecule is CC(Sc1nnc(-c2cccs2)n1CC1CCCO1)C(=O)NC(=O)NC(C)(C)C. The Morgan fingerprint density at radius 1 is 1.41 bits per heavy atom. The van der Waals surface area contributed by atoms with Crippen molar-refractivity contribution in [3.8, 4) is 10.7 Å². The number of hydrogen-bond donors (Lipinski definition) is 2. The number of carbonyl (C=O) groups excluding carboxylic acids is 2. The lowest BCUT2D eigenvalue weighted by atomic mass is 10.1. The summed E-state index contributed by atoms with van der Waals surface area (Å²) in [5.74, 6) is 0.400. The number of aromatic nitrogens is 3. The highest BCUT2D eigenvalue weighted by Gasteiger charge is 2.26. The average molecular weight is 438 g/mol. The van der Waals surface area contributed by atoms with Crippen LogP contribution in [-0.2, 0) is 16.1 Å². The van der Waals surface area contributed by atoms with E-state index < -0.39 is 16.8 Å². The van der Waals surface area contributed by atoms with Crippen LogP contribution in [0, 0.1) is 0 Å². The van der Waals surface area contributed by atoms with Gasteiger partial charge < -0.3 is 10.1 Å². The third-order valence-corrected chi connectivity index (χ3v) is 6.19. The van der Waals surface area contributed by atoms with Crippen LogP contribution in [0.25, 0.3) is 10.7 Å². The van der Waals surface area contributed by atoms with Gasteiger partial charge in [-0.25, -0.2) is 4.79 Å². The first-order valence-electron chi connectivity index (χ1n) is 9.61. The molecule has 2 atom stereocenters. The van der Waals surface area contributed by atoms with Crippen molar-refractivity contribution >= 4 is 35.0 Å². The van der Waals surface area contributed by atoms with Gasteiger partial charge >= 0.3 is 6.03 Å². The number of rotatable bonds is 6. The molecular formula is C19H27N5O3S2. The summed E-state index contributed by atoms with van der Waals surface area (Å²) in [6.07, 6.45) is 2.16. The molecule has 1 aliphatic rings. The topological polar surface area (TPSA) is 98.1 Å². The lowest BCUT2D eigenvalue weighted by Gasteiger charge is -2.21. The van der Waals surface area contributed by atoms with Crippen molar-refractivity contribution in [3.05, 3.63) is 17.5 Å². The molecular weight excluding hydrogens is 410 g/mol. The highest BCUT2D eigenvalue weighted by atomic mass is 32.2. The molecule has 1 aliphatic heterocycles. The fourth-order valence-electron chi connectivity index (χ4n) is 2.92. The first-order chi connectivity index (χ1) is 13.7. The van der Waals surface area contributed by atoms with E-state index in [9.17, 15) is 9.59 Å². The van der Waals surface area contributed by atoms with Gasteiger partial charge in [0.1, 0.15) is 0 Å². The summed E-state index contributed by atoms with van der Waals surface area (Å²) in [4.78, 5) is 25.5. The van der Waals surface area contributed by atoms with Gasteiger partial charge in [-0.2, -0.15) is 0 Å². The zero-order valence-corrected chi connectivity index (χ0v) is 18.7. The van der Waals surface area contributed by atoms with E-state index in [4.69, 9.17) is 4.74 Å². The van der Waals surface area contributed by atoms with Crippen LogP contribution in [-0.4, -0.2) is 50.2 Å². The molecule has 158 valence electrons. The first kappa shape index (κ1) is 21.8. The van der Waals surface area contributed by atoms with Gasteiger partial charge in [0, 0.05) is 12.1 Å². The Bertz CT molecular complexity index is 839. The van der Waals surface area contributed by atoms with E-state index in [0.29, 0.717) is 11.7 Å². The standard InChI is InChI=1S/C19H27N5O3S2/c1-12(16(25)20-17(26)21-19(2,3)4)29-18-23-22-15(14-8-6-10-28-14)24(18)11-13-7-5-9-27-13/h6,8,10,12-13H,5,7,9,11H2,1-4H3,(H2,20,21,25,26). The molecule has 8 nitrogen and oxygen atoms in total. The molecule has 0 radical (unpaired) electrons. The van der Waals surface area contributed by atoms with Gasteiger partial charge in [-0.3, -0.25) is 14.7 Å². The van der Waals surface area contributed by atoms with Crippen molar-refractivity contribution in [1.29, 1.82) is 0 Å². The minimum Gasteiger partial charge on any atom is -0.376 e. The molecule has 0 aliphatic carbocycles. The van der Waals surface area contributed by atoms with Crippen molar-refractivity contribution in [2.24, 2.45) is 0 Å². The van der Waals surface area contributed by atoms with Crippen LogP contribution < -0.4 is 10.6 Å². The summed E-state index contributed by atoms with van der Waals surface area (Å²) in [5, 5.41) is 15.9. The number of nitrogens with zero attached hydrogens (tertiary/aromatic N) is 3. The number of thioether (sulfide) groups is 1. The van der Waals surface area contributed by atoms with Crippen molar-refractivity contribution < 1.29 is 14.3 Å². The zero-order chi connectivity index (χ0) is 21.0. The number of carbonyl (C=O) groups is 2. The maximum absolute atomic E-state index is 12.5. The van der Waals surface area contributed by atoms with E-state index in [2.05, 4.69) is 20.8 Å². The van der Waals surface area contributed by atoms with Crippen LogP contribution in [0.4, 0.5) is 4.79 Å². The fraction of sp³-hybridized carbons (Fsp3) is 0.579. The van der Waals surface area contributed by atoms with Crippen LogP contribution in [0.3, 0.4) is 0 Å². The number of urea groups is 1. The van der Waals surface area contributed by atoms with Gasteiger partial charge in [0.2, 0.25) is 5.91 Å². The Morgan fingerprint density at radius 2 is 2.21 bits per heavy atom. The molecule has 1 fully saturated rings. The molecule has 29 heavy (non-hydrogen) atoms. The molecule has 1 saturated heterocycles. The summed E-state index contributed by atoms with van der Waals surface area (Å²) in [5.41, 5.74) is -0.419. The fourth-order valence-corrected chi connectivity index (χ4v) is 4.49. The summed E-state index contributed by atoms with van der Waals surface area (Å²) >= 11 is 2.88. The second kappa shape index (κ2) is 9.27. The van der Waals surface area contributed by atoms with Crippen LogP contribution in [0.5, 0.6) is 0 Å². The van der Waals surface area contributed by atoms with Gasteiger partial charge in [-0.05, 0) is 52.0 Å². The average Bonchev–Trinajstić information content (AvgIpc) is 3.36. The lowest BCUT2D eigenvalue weighted by molar-refractivity contribution is -0.119. The molecule has 2 aromatic heterocycles. The summed E-state index contributed by atoms with van der Waals surface area (Å²) in [6.45, 7) is 8.73. The second-order valence-electron chi connectivity index (χ2n) is 7.98. The van der Waals surface area contributed by atoms with Crippen LogP contribution in [0.2, 0.25) is 0 Å². The van der Waals surface area contributed by atoms with E-state index >= 15 is 0 Å². The molecule has 3 heterocycles. The van der Waals surface area contributed by atoms with E-state index in [1.165, 1.54) is 11.8 Å². The first-order valence-corrected chi connectivity index (χ1v) is 11.4. The Hall–Kier alpha value is -1.91. The molecule has 0 bridgehead atoms. The van der Waals surface area contributed by atoms with Gasteiger partial charge in [0.25, 0.3) is 0 Å². The second-order valence-corrected chi connectivity index (χ2v) is 10.2. The highest BCUT2D eigenvalue weighted by Crippen LogP contribution is 2.30. The molecule has 2 aromatic rings. The summed E-state index contributed by atoms with van der Waals surface area (Å²) < 4.78 is 7.81. The van der Waals surface area contributed by atoms with E-state index in [-0.39, 0.29) is 12.0 Å². The maximum atomic E-state index is 12.5. The van der Waals surface area contributed by atoms with Crippen molar-refractivity contribution in [2.45, 2.75) is 69.1 Å². The van der Waals surface area contributed by atoms with Gasteiger partial charge in [-0.1, -0.05) is 17.8 Å². The van der Waals surface area contributed by atoms with Gasteiger partial charge in [-0.15, -0.1) is 21.5 Å². The molecule has 2 N–H and O–H groups in total. The number of thiophene rings is 1. The number of ether oxygens (including phenoxy) is 1. The van der Waals surface area contributed by atoms with Gasteiger partial charge in [0.15, 0.2) is 11.0 Å².